The van der Waals surface area contributed by atoms with Gasteiger partial charge in [0.1, 0.15) is 22.0 Å². The van der Waals surface area contributed by atoms with Crippen LogP contribution in [-0.2, 0) is 14.8 Å². The molecule has 25 heavy (non-hydrogen) atoms. The van der Waals surface area contributed by atoms with E-state index in [-0.39, 0.29) is 37.8 Å². The number of carbonyl (C=O) groups is 1. The minimum absolute atomic E-state index is 0.0481. The lowest BCUT2D eigenvalue weighted by Crippen LogP contribution is -2.41. The third-order valence-corrected chi connectivity index (χ3v) is 6.45. The molecule has 2 heterocycles. The molecule has 1 amide bonds. The van der Waals surface area contributed by atoms with Crippen LogP contribution in [-0.4, -0.2) is 41.9 Å². The van der Waals surface area contributed by atoms with Crippen molar-refractivity contribution in [2.75, 3.05) is 18.4 Å². The zero-order chi connectivity index (χ0) is 18.0. The van der Waals surface area contributed by atoms with E-state index in [1.165, 1.54) is 16.8 Å². The van der Waals surface area contributed by atoms with Gasteiger partial charge in [0.25, 0.3) is 0 Å². The molecule has 2 aromatic rings. The number of nitrogens with zero attached hydrogens (tertiary/aromatic N) is 3. The molecule has 0 saturated carbocycles. The molecule has 1 aliphatic rings. The Kier molecular flexibility index (Phi) is 5.06. The summed E-state index contributed by atoms with van der Waals surface area (Å²) in [5.41, 5.74) is 1.48. The summed E-state index contributed by atoms with van der Waals surface area (Å²) in [5.74, 6) is -2.47. The largest absolute Gasteiger partial charge is 0.300 e. The molecule has 1 aromatic heterocycles. The van der Waals surface area contributed by atoms with Crippen LogP contribution in [0.2, 0.25) is 0 Å². The van der Waals surface area contributed by atoms with Crippen LogP contribution in [0.15, 0.2) is 28.6 Å². The smallest absolute Gasteiger partial charge is 0.246 e. The first-order valence-electron chi connectivity index (χ1n) is 7.40. The Balaban J connectivity index is 1.67. The van der Waals surface area contributed by atoms with Crippen molar-refractivity contribution in [2.45, 2.75) is 17.7 Å². The predicted molar refractivity (Wildman–Crippen MR) is 86.4 cm³/mol. The Morgan fingerprint density at radius 2 is 2.00 bits per heavy atom. The second-order valence-electron chi connectivity index (χ2n) is 5.49. The number of nitrogens with one attached hydrogen (secondary N) is 1. The van der Waals surface area contributed by atoms with Crippen molar-refractivity contribution in [3.63, 3.8) is 0 Å². The number of amides is 1. The highest BCUT2D eigenvalue weighted by Crippen LogP contribution is 2.26. The lowest BCUT2D eigenvalue weighted by atomic mass is 9.97. The lowest BCUT2D eigenvalue weighted by Gasteiger charge is -2.30. The Morgan fingerprint density at radius 1 is 1.28 bits per heavy atom. The summed E-state index contributed by atoms with van der Waals surface area (Å²) in [6, 6.07) is 2.31. The molecule has 0 bridgehead atoms. The summed E-state index contributed by atoms with van der Waals surface area (Å²) in [7, 11) is -4.15. The van der Waals surface area contributed by atoms with Crippen molar-refractivity contribution in [2.24, 2.45) is 5.92 Å². The van der Waals surface area contributed by atoms with Crippen LogP contribution >= 0.6 is 11.3 Å². The van der Waals surface area contributed by atoms with Crippen LogP contribution in [0.3, 0.4) is 0 Å². The maximum Gasteiger partial charge on any atom is 0.246 e. The minimum Gasteiger partial charge on any atom is -0.300 e. The van der Waals surface area contributed by atoms with E-state index in [2.05, 4.69) is 15.5 Å². The van der Waals surface area contributed by atoms with Crippen molar-refractivity contribution < 1.29 is 22.0 Å². The highest BCUT2D eigenvalue weighted by Gasteiger charge is 2.34. The van der Waals surface area contributed by atoms with Gasteiger partial charge < -0.3 is 5.32 Å². The first-order valence-corrected chi connectivity index (χ1v) is 9.72. The molecule has 0 aliphatic carbocycles. The first kappa shape index (κ1) is 17.8. The topological polar surface area (TPSA) is 92.3 Å². The second-order valence-corrected chi connectivity index (χ2v) is 8.23. The normalized spacial score (nSPS) is 16.7. The van der Waals surface area contributed by atoms with E-state index in [0.29, 0.717) is 11.2 Å². The molecular formula is C14H14F2N4O3S2. The molecule has 0 radical (unpaired) electrons. The average Bonchev–Trinajstić information content (AvgIpc) is 3.10. The third kappa shape index (κ3) is 3.83. The molecule has 3 rings (SSSR count). The predicted octanol–water partition coefficient (Wildman–Crippen LogP) is 1.86. The first-order chi connectivity index (χ1) is 11.9. The van der Waals surface area contributed by atoms with Crippen LogP contribution < -0.4 is 5.32 Å². The molecule has 1 aromatic carbocycles. The van der Waals surface area contributed by atoms with Gasteiger partial charge in [-0.05, 0) is 31.0 Å². The zero-order valence-electron chi connectivity index (χ0n) is 12.9. The Bertz CT molecular complexity index is 866. The Morgan fingerprint density at radius 3 is 2.64 bits per heavy atom. The fraction of sp³-hybridized carbons (Fsp3) is 0.357. The molecular weight excluding hydrogens is 374 g/mol. The highest BCUT2D eigenvalue weighted by molar-refractivity contribution is 7.89. The number of piperidine rings is 1. The molecule has 1 fully saturated rings. The standard InChI is InChI=1S/C14H14F2N4O3S2/c15-10-1-2-11(16)12(7-10)25(22,23)20-5-3-9(4-6-20)13(21)18-14-19-17-8-24-14/h1-2,7-9H,3-6H2,(H,18,19,21). The molecule has 134 valence electrons. The van der Waals surface area contributed by atoms with E-state index < -0.39 is 26.6 Å². The fourth-order valence-corrected chi connectivity index (χ4v) is 4.60. The van der Waals surface area contributed by atoms with Crippen molar-refractivity contribution in [3.05, 3.63) is 35.3 Å². The van der Waals surface area contributed by atoms with Crippen LogP contribution in [0.25, 0.3) is 0 Å². The fourth-order valence-electron chi connectivity index (χ4n) is 2.61. The van der Waals surface area contributed by atoms with Crippen molar-refractivity contribution in [3.8, 4) is 0 Å². The van der Waals surface area contributed by atoms with E-state index in [1.807, 2.05) is 0 Å². The van der Waals surface area contributed by atoms with Crippen molar-refractivity contribution in [1.82, 2.24) is 14.5 Å². The number of carbonyl (C=O) groups excluding carboxylic acids is 1. The van der Waals surface area contributed by atoms with Gasteiger partial charge in [-0.3, -0.25) is 4.79 Å². The van der Waals surface area contributed by atoms with Gasteiger partial charge in [-0.2, -0.15) is 4.31 Å². The van der Waals surface area contributed by atoms with Gasteiger partial charge in [-0.25, -0.2) is 17.2 Å². The van der Waals surface area contributed by atoms with Gasteiger partial charge in [0, 0.05) is 19.0 Å². The quantitative estimate of drug-likeness (QED) is 0.863. The minimum atomic E-state index is -4.15. The molecule has 0 spiro atoms. The van der Waals surface area contributed by atoms with Gasteiger partial charge >= 0.3 is 0 Å². The maximum atomic E-state index is 13.8. The van der Waals surface area contributed by atoms with Crippen molar-refractivity contribution >= 4 is 32.4 Å². The van der Waals surface area contributed by atoms with E-state index in [0.717, 1.165) is 16.4 Å². The van der Waals surface area contributed by atoms with Gasteiger partial charge in [0.15, 0.2) is 0 Å². The highest BCUT2D eigenvalue weighted by atomic mass is 32.2. The van der Waals surface area contributed by atoms with E-state index in [9.17, 15) is 22.0 Å². The molecule has 0 unspecified atom stereocenters. The summed E-state index contributed by atoms with van der Waals surface area (Å²) in [4.78, 5) is 11.5. The summed E-state index contributed by atoms with van der Waals surface area (Å²) >= 11 is 1.18. The number of rotatable bonds is 4. The summed E-state index contributed by atoms with van der Waals surface area (Å²) in [6.45, 7) is 0.0962. The summed E-state index contributed by atoms with van der Waals surface area (Å²) in [5, 5.41) is 10.3. The van der Waals surface area contributed by atoms with Gasteiger partial charge in [0.05, 0.1) is 0 Å². The van der Waals surface area contributed by atoms with E-state index in [4.69, 9.17) is 0 Å². The number of halogens is 2. The maximum absolute atomic E-state index is 13.8. The van der Waals surface area contributed by atoms with E-state index >= 15 is 0 Å². The SMILES string of the molecule is O=C(Nc1nncs1)C1CCN(S(=O)(=O)c2cc(F)ccc2F)CC1. The number of hydrogen-bond acceptors (Lipinski definition) is 6. The molecule has 0 atom stereocenters. The third-order valence-electron chi connectivity index (χ3n) is 3.93. The number of sulfonamides is 1. The molecule has 1 aliphatic heterocycles. The van der Waals surface area contributed by atoms with Gasteiger partial charge in [-0.15, -0.1) is 10.2 Å². The van der Waals surface area contributed by atoms with Gasteiger partial charge in [-0.1, -0.05) is 11.3 Å². The van der Waals surface area contributed by atoms with Crippen molar-refractivity contribution in [1.29, 1.82) is 0 Å². The van der Waals surface area contributed by atoms with E-state index in [1.54, 1.807) is 0 Å². The second kappa shape index (κ2) is 7.10. The van der Waals surface area contributed by atoms with Crippen LogP contribution in [0.5, 0.6) is 0 Å². The number of hydrogen-bond donors (Lipinski definition) is 1. The Labute approximate surface area is 146 Å². The average molecular weight is 388 g/mol. The molecule has 11 heteroatoms. The monoisotopic (exact) mass is 388 g/mol. The Hall–Kier alpha value is -1.98. The van der Waals surface area contributed by atoms with Gasteiger partial charge in [0.2, 0.25) is 21.1 Å². The zero-order valence-corrected chi connectivity index (χ0v) is 14.5. The number of aromatic nitrogens is 2. The summed E-state index contributed by atoms with van der Waals surface area (Å²) < 4.78 is 53.1. The van der Waals surface area contributed by atoms with Crippen LogP contribution in [0, 0.1) is 17.6 Å². The lowest BCUT2D eigenvalue weighted by molar-refractivity contribution is -0.120. The molecule has 1 N–H and O–H groups in total. The number of anilines is 1. The molecule has 7 nitrogen and oxygen atoms in total. The molecule has 1 saturated heterocycles. The van der Waals surface area contributed by atoms with Crippen LogP contribution in [0.1, 0.15) is 12.8 Å². The summed E-state index contributed by atoms with van der Waals surface area (Å²) in [6.07, 6.45) is 0.557. The number of benzene rings is 1. The van der Waals surface area contributed by atoms with Crippen LogP contribution in [0.4, 0.5) is 13.9 Å².